The van der Waals surface area contributed by atoms with Crippen molar-refractivity contribution in [2.24, 2.45) is 5.92 Å². The van der Waals surface area contributed by atoms with Gasteiger partial charge in [-0.2, -0.15) is 0 Å². The maximum atomic E-state index is 10.4. The Balaban J connectivity index is 1.87. The molecule has 4 unspecified atom stereocenters. The Kier molecular flexibility index (Phi) is 5.76. The average molecular weight is 325 g/mol. The van der Waals surface area contributed by atoms with Crippen LogP contribution in [0.1, 0.15) is 52.2 Å². The van der Waals surface area contributed by atoms with E-state index in [1.165, 1.54) is 0 Å². The highest BCUT2D eigenvalue weighted by atomic mass is 35.5. The minimum atomic E-state index is -0.508. The first kappa shape index (κ1) is 17.6. The van der Waals surface area contributed by atoms with Gasteiger partial charge >= 0.3 is 0 Å². The summed E-state index contributed by atoms with van der Waals surface area (Å²) in [6.45, 7) is 9.10. The van der Waals surface area contributed by atoms with Crippen LogP contribution in [0.2, 0.25) is 0 Å². The van der Waals surface area contributed by atoms with Gasteiger partial charge in [-0.25, -0.2) is 0 Å². The molecule has 0 aliphatic heterocycles. The summed E-state index contributed by atoms with van der Waals surface area (Å²) in [5, 5.41) is 17.4. The molecule has 1 aliphatic carbocycles. The van der Waals surface area contributed by atoms with Crippen molar-refractivity contribution in [3.63, 3.8) is 0 Å². The number of nitrogens with one attached hydrogen (secondary N) is 2. The summed E-state index contributed by atoms with van der Waals surface area (Å²) < 4.78 is 0. The van der Waals surface area contributed by atoms with Crippen LogP contribution in [0.15, 0.2) is 24.3 Å². The number of aliphatic hydroxyl groups excluding tert-OH is 1. The minimum Gasteiger partial charge on any atom is -0.387 e. The second-order valence-corrected chi connectivity index (χ2v) is 7.88. The fourth-order valence-corrected chi connectivity index (χ4v) is 3.42. The Morgan fingerprint density at radius 2 is 2.09 bits per heavy atom. The number of hydrogen-bond acceptors (Lipinski definition) is 3. The number of hydrogen-bond donors (Lipinski definition) is 3. The SMILES string of the molecule is CCC1CC(NCC(O)c2cccc(NC(C)(C)C)c2)C1Cl. The van der Waals surface area contributed by atoms with Gasteiger partial charge in [0.2, 0.25) is 0 Å². The average Bonchev–Trinajstić information content (AvgIpc) is 2.44. The number of benzene rings is 1. The molecule has 1 fully saturated rings. The van der Waals surface area contributed by atoms with Crippen molar-refractivity contribution in [2.75, 3.05) is 11.9 Å². The van der Waals surface area contributed by atoms with Crippen molar-refractivity contribution in [2.45, 2.75) is 63.6 Å². The highest BCUT2D eigenvalue weighted by Gasteiger charge is 2.38. The molecule has 1 saturated carbocycles. The van der Waals surface area contributed by atoms with Crippen molar-refractivity contribution in [1.82, 2.24) is 5.32 Å². The van der Waals surface area contributed by atoms with Crippen molar-refractivity contribution >= 4 is 17.3 Å². The van der Waals surface area contributed by atoms with E-state index < -0.39 is 6.10 Å². The summed E-state index contributed by atoms with van der Waals surface area (Å²) in [6.07, 6.45) is 1.74. The zero-order valence-corrected chi connectivity index (χ0v) is 14.8. The van der Waals surface area contributed by atoms with E-state index >= 15 is 0 Å². The van der Waals surface area contributed by atoms with Crippen molar-refractivity contribution < 1.29 is 5.11 Å². The molecule has 0 radical (unpaired) electrons. The molecule has 1 aromatic rings. The lowest BCUT2D eigenvalue weighted by molar-refractivity contribution is 0.147. The van der Waals surface area contributed by atoms with E-state index in [9.17, 15) is 5.11 Å². The second-order valence-electron chi connectivity index (χ2n) is 7.38. The lowest BCUT2D eigenvalue weighted by Crippen LogP contribution is -2.52. The first-order valence-corrected chi connectivity index (χ1v) is 8.67. The zero-order chi connectivity index (χ0) is 16.3. The first-order valence-electron chi connectivity index (χ1n) is 8.24. The van der Waals surface area contributed by atoms with Crippen LogP contribution in [0.5, 0.6) is 0 Å². The van der Waals surface area contributed by atoms with Gasteiger partial charge in [0, 0.05) is 23.8 Å². The summed E-state index contributed by atoms with van der Waals surface area (Å²) in [5.74, 6) is 0.621. The van der Waals surface area contributed by atoms with Gasteiger partial charge in [0.05, 0.1) is 11.5 Å². The van der Waals surface area contributed by atoms with E-state index in [0.717, 1.165) is 24.1 Å². The third-order valence-corrected chi connectivity index (χ3v) is 4.94. The first-order chi connectivity index (χ1) is 10.3. The van der Waals surface area contributed by atoms with Crippen LogP contribution < -0.4 is 10.6 Å². The van der Waals surface area contributed by atoms with Crippen LogP contribution in [0.3, 0.4) is 0 Å². The molecule has 0 bridgehead atoms. The summed E-state index contributed by atoms with van der Waals surface area (Å²) >= 11 is 6.35. The van der Waals surface area contributed by atoms with E-state index in [1.54, 1.807) is 0 Å². The van der Waals surface area contributed by atoms with Crippen LogP contribution in [0, 0.1) is 5.92 Å². The summed E-state index contributed by atoms with van der Waals surface area (Å²) in [4.78, 5) is 0. The Hall–Kier alpha value is -0.770. The third kappa shape index (κ3) is 4.61. The van der Waals surface area contributed by atoms with Gasteiger partial charge < -0.3 is 15.7 Å². The normalized spacial score (nSPS) is 26.4. The summed E-state index contributed by atoms with van der Waals surface area (Å²) in [7, 11) is 0. The van der Waals surface area contributed by atoms with Gasteiger partial charge in [-0.05, 0) is 50.8 Å². The Bertz CT molecular complexity index is 486. The summed E-state index contributed by atoms with van der Waals surface area (Å²) in [5.41, 5.74) is 1.97. The number of aliphatic hydroxyl groups is 1. The molecule has 1 aromatic carbocycles. The van der Waals surface area contributed by atoms with Crippen LogP contribution in [-0.4, -0.2) is 28.6 Å². The van der Waals surface area contributed by atoms with E-state index in [-0.39, 0.29) is 10.9 Å². The van der Waals surface area contributed by atoms with E-state index in [4.69, 9.17) is 11.6 Å². The largest absolute Gasteiger partial charge is 0.387 e. The van der Waals surface area contributed by atoms with E-state index in [1.807, 2.05) is 24.3 Å². The van der Waals surface area contributed by atoms with Gasteiger partial charge in [-0.1, -0.05) is 25.5 Å². The van der Waals surface area contributed by atoms with Crippen molar-refractivity contribution in [3.8, 4) is 0 Å². The molecule has 0 saturated heterocycles. The molecule has 0 aromatic heterocycles. The van der Waals surface area contributed by atoms with Gasteiger partial charge in [0.15, 0.2) is 0 Å². The van der Waals surface area contributed by atoms with E-state index in [0.29, 0.717) is 18.5 Å². The molecule has 124 valence electrons. The van der Waals surface area contributed by atoms with E-state index in [2.05, 4.69) is 38.3 Å². The molecule has 0 spiro atoms. The third-order valence-electron chi connectivity index (χ3n) is 4.28. The predicted octanol–water partition coefficient (Wildman–Crippen LogP) is 3.93. The number of halogens is 1. The van der Waals surface area contributed by atoms with Crippen LogP contribution in [0.4, 0.5) is 5.69 Å². The van der Waals surface area contributed by atoms with Crippen LogP contribution in [0.25, 0.3) is 0 Å². The molecule has 1 aliphatic rings. The van der Waals surface area contributed by atoms with Crippen molar-refractivity contribution in [1.29, 1.82) is 0 Å². The fourth-order valence-electron chi connectivity index (χ4n) is 2.94. The predicted molar refractivity (Wildman–Crippen MR) is 94.6 cm³/mol. The van der Waals surface area contributed by atoms with Gasteiger partial charge in [0.1, 0.15) is 0 Å². The molecule has 4 heteroatoms. The second kappa shape index (κ2) is 7.20. The number of rotatable bonds is 6. The van der Waals surface area contributed by atoms with Crippen molar-refractivity contribution in [3.05, 3.63) is 29.8 Å². The standard InChI is InChI=1S/C18H29ClN2O/c1-5-12-10-15(17(12)19)20-11-16(22)13-7-6-8-14(9-13)21-18(2,3)4/h6-9,12,15-17,20-22H,5,10-11H2,1-4H3. The van der Waals surface area contributed by atoms with Crippen LogP contribution in [-0.2, 0) is 0 Å². The minimum absolute atomic E-state index is 0.00870. The Morgan fingerprint density at radius 1 is 1.36 bits per heavy atom. The highest BCUT2D eigenvalue weighted by molar-refractivity contribution is 6.21. The highest BCUT2D eigenvalue weighted by Crippen LogP contribution is 2.35. The molecule has 0 amide bonds. The molecular formula is C18H29ClN2O. The zero-order valence-electron chi connectivity index (χ0n) is 14.1. The van der Waals surface area contributed by atoms with Crippen LogP contribution >= 0.6 is 11.6 Å². The van der Waals surface area contributed by atoms with Gasteiger partial charge in [-0.3, -0.25) is 0 Å². The van der Waals surface area contributed by atoms with Gasteiger partial charge in [-0.15, -0.1) is 11.6 Å². The monoisotopic (exact) mass is 324 g/mol. The smallest absolute Gasteiger partial charge is 0.0915 e. The molecule has 3 nitrogen and oxygen atoms in total. The van der Waals surface area contributed by atoms with Gasteiger partial charge in [0.25, 0.3) is 0 Å². The maximum absolute atomic E-state index is 10.4. The Morgan fingerprint density at radius 3 is 2.68 bits per heavy atom. The fraction of sp³-hybridized carbons (Fsp3) is 0.667. The Labute approximate surface area is 139 Å². The lowest BCUT2D eigenvalue weighted by atomic mass is 9.78. The molecule has 2 rings (SSSR count). The molecule has 0 heterocycles. The molecule has 4 atom stereocenters. The summed E-state index contributed by atoms with van der Waals surface area (Å²) in [6, 6.07) is 8.33. The topological polar surface area (TPSA) is 44.3 Å². The molecule has 3 N–H and O–H groups in total. The number of anilines is 1. The molecule has 22 heavy (non-hydrogen) atoms. The quantitative estimate of drug-likeness (QED) is 0.695. The lowest BCUT2D eigenvalue weighted by Gasteiger charge is -2.41. The number of alkyl halides is 1. The maximum Gasteiger partial charge on any atom is 0.0915 e. The molecular weight excluding hydrogens is 296 g/mol.